The van der Waals surface area contributed by atoms with Gasteiger partial charge in [-0.2, -0.15) is 0 Å². The summed E-state index contributed by atoms with van der Waals surface area (Å²) in [4.78, 5) is 17.5. The Labute approximate surface area is 177 Å². The normalized spacial score (nSPS) is 27.0. The highest BCUT2D eigenvalue weighted by atomic mass is 16.2. The highest BCUT2D eigenvalue weighted by Crippen LogP contribution is 2.32. The smallest absolute Gasteiger partial charge is 0.222 e. The van der Waals surface area contributed by atoms with Crippen LogP contribution in [-0.2, 0) is 11.3 Å². The molecule has 29 heavy (non-hydrogen) atoms. The van der Waals surface area contributed by atoms with Gasteiger partial charge in [-0.15, -0.1) is 0 Å². The van der Waals surface area contributed by atoms with Crippen LogP contribution in [0.2, 0.25) is 0 Å². The van der Waals surface area contributed by atoms with Crippen molar-refractivity contribution in [3.05, 3.63) is 35.9 Å². The second-order valence-electron chi connectivity index (χ2n) is 9.73. The Kier molecular flexibility index (Phi) is 7.25. The SMILES string of the molecule is CCCN(CC1CC1)C(=O)CCC[C@H]1NC[C@@H]2C[C@H]1CN(Cc1ccccc1)C2. The van der Waals surface area contributed by atoms with Gasteiger partial charge in [-0.05, 0) is 68.4 Å². The zero-order chi connectivity index (χ0) is 20.1. The lowest BCUT2D eigenvalue weighted by atomic mass is 9.79. The number of piperidine rings is 2. The van der Waals surface area contributed by atoms with Gasteiger partial charge in [0.25, 0.3) is 0 Å². The van der Waals surface area contributed by atoms with Gasteiger partial charge in [-0.1, -0.05) is 37.3 Å². The number of carbonyl (C=O) groups excluding carboxylic acids is 1. The summed E-state index contributed by atoms with van der Waals surface area (Å²) in [6.07, 6.45) is 7.98. The third kappa shape index (κ3) is 6.05. The number of rotatable bonds is 10. The number of nitrogens with one attached hydrogen (secondary N) is 1. The van der Waals surface area contributed by atoms with Crippen LogP contribution in [-0.4, -0.2) is 54.5 Å². The summed E-state index contributed by atoms with van der Waals surface area (Å²) in [5.74, 6) is 2.70. The highest BCUT2D eigenvalue weighted by Gasteiger charge is 2.36. The monoisotopic (exact) mass is 397 g/mol. The van der Waals surface area contributed by atoms with Crippen molar-refractivity contribution in [2.45, 2.75) is 64.5 Å². The average molecular weight is 398 g/mol. The van der Waals surface area contributed by atoms with E-state index in [0.29, 0.717) is 11.9 Å². The van der Waals surface area contributed by atoms with Crippen molar-refractivity contribution in [2.75, 3.05) is 32.7 Å². The van der Waals surface area contributed by atoms with E-state index in [4.69, 9.17) is 0 Å². The molecule has 0 spiro atoms. The summed E-state index contributed by atoms with van der Waals surface area (Å²) in [6, 6.07) is 11.5. The Balaban J connectivity index is 1.23. The fourth-order valence-corrected chi connectivity index (χ4v) is 5.41. The molecule has 1 aromatic rings. The van der Waals surface area contributed by atoms with Crippen molar-refractivity contribution in [3.63, 3.8) is 0 Å². The number of hydrogen-bond donors (Lipinski definition) is 1. The van der Waals surface area contributed by atoms with Gasteiger partial charge in [-0.25, -0.2) is 0 Å². The second kappa shape index (κ2) is 10.1. The lowest BCUT2D eigenvalue weighted by molar-refractivity contribution is -0.131. The van der Waals surface area contributed by atoms with E-state index in [9.17, 15) is 4.79 Å². The van der Waals surface area contributed by atoms with E-state index < -0.39 is 0 Å². The van der Waals surface area contributed by atoms with Crippen molar-refractivity contribution < 1.29 is 4.79 Å². The molecule has 1 aliphatic carbocycles. The van der Waals surface area contributed by atoms with Crippen LogP contribution in [0.5, 0.6) is 0 Å². The van der Waals surface area contributed by atoms with Gasteiger partial charge in [-0.3, -0.25) is 9.69 Å². The van der Waals surface area contributed by atoms with Gasteiger partial charge in [0.2, 0.25) is 5.91 Å². The molecule has 1 aromatic carbocycles. The number of hydrogen-bond acceptors (Lipinski definition) is 3. The Morgan fingerprint density at radius 1 is 1.21 bits per heavy atom. The number of benzene rings is 1. The molecule has 4 rings (SSSR count). The quantitative estimate of drug-likeness (QED) is 0.650. The predicted molar refractivity (Wildman–Crippen MR) is 119 cm³/mol. The zero-order valence-electron chi connectivity index (χ0n) is 18.2. The molecular formula is C25H39N3O. The standard InChI is InChI=1S/C25H39N3O/c1-2-13-28(18-21-11-12-21)25(29)10-6-9-24-23-14-22(15-26-24)17-27(19-23)16-20-7-4-3-5-8-20/h3-5,7-8,21-24,26H,2,6,9-19H2,1H3/t22-,23-,24+/m0/s1. The van der Waals surface area contributed by atoms with Gasteiger partial charge < -0.3 is 10.2 Å². The zero-order valence-corrected chi connectivity index (χ0v) is 18.2. The largest absolute Gasteiger partial charge is 0.342 e. The first-order valence-corrected chi connectivity index (χ1v) is 12.0. The lowest BCUT2D eigenvalue weighted by Gasteiger charge is -2.46. The molecule has 3 fully saturated rings. The van der Waals surface area contributed by atoms with Crippen molar-refractivity contribution >= 4 is 5.91 Å². The number of fused-ring (bicyclic) bond motifs is 2. The maximum absolute atomic E-state index is 12.7. The first-order valence-electron chi connectivity index (χ1n) is 12.0. The van der Waals surface area contributed by atoms with E-state index in [1.807, 2.05) is 0 Å². The van der Waals surface area contributed by atoms with Crippen LogP contribution in [0.25, 0.3) is 0 Å². The van der Waals surface area contributed by atoms with E-state index in [-0.39, 0.29) is 0 Å². The Morgan fingerprint density at radius 2 is 2.03 bits per heavy atom. The molecule has 3 aliphatic rings. The van der Waals surface area contributed by atoms with Crippen molar-refractivity contribution in [1.82, 2.24) is 15.1 Å². The Hall–Kier alpha value is -1.39. The summed E-state index contributed by atoms with van der Waals surface area (Å²) in [6.45, 7) is 8.76. The molecule has 1 saturated carbocycles. The third-order valence-electron chi connectivity index (χ3n) is 7.06. The van der Waals surface area contributed by atoms with Crippen LogP contribution in [0.3, 0.4) is 0 Å². The van der Waals surface area contributed by atoms with E-state index in [1.165, 1.54) is 37.9 Å². The van der Waals surface area contributed by atoms with Gasteiger partial charge in [0.05, 0.1) is 0 Å². The molecular weight excluding hydrogens is 358 g/mol. The summed E-state index contributed by atoms with van der Waals surface area (Å²) in [5, 5.41) is 3.82. The predicted octanol–water partition coefficient (Wildman–Crippen LogP) is 3.92. The van der Waals surface area contributed by atoms with Crippen LogP contribution in [0.4, 0.5) is 0 Å². The van der Waals surface area contributed by atoms with Crippen molar-refractivity contribution in [3.8, 4) is 0 Å². The molecule has 160 valence electrons. The maximum atomic E-state index is 12.7. The molecule has 0 unspecified atom stereocenters. The molecule has 2 aliphatic heterocycles. The minimum Gasteiger partial charge on any atom is -0.342 e. The van der Waals surface area contributed by atoms with Crippen LogP contribution < -0.4 is 5.32 Å². The van der Waals surface area contributed by atoms with Gasteiger partial charge in [0, 0.05) is 45.2 Å². The number of likely N-dealkylation sites (tertiary alicyclic amines) is 1. The fraction of sp³-hybridized carbons (Fsp3) is 0.720. The maximum Gasteiger partial charge on any atom is 0.222 e. The summed E-state index contributed by atoms with van der Waals surface area (Å²) >= 11 is 0. The van der Waals surface area contributed by atoms with Crippen molar-refractivity contribution in [1.29, 1.82) is 0 Å². The lowest BCUT2D eigenvalue weighted by Crippen LogP contribution is -2.55. The average Bonchev–Trinajstić information content (AvgIpc) is 3.54. The Morgan fingerprint density at radius 3 is 2.79 bits per heavy atom. The molecule has 3 atom stereocenters. The molecule has 2 heterocycles. The van der Waals surface area contributed by atoms with Crippen LogP contribution in [0.1, 0.15) is 57.4 Å². The molecule has 2 bridgehead atoms. The second-order valence-corrected chi connectivity index (χ2v) is 9.73. The van der Waals surface area contributed by atoms with Crippen LogP contribution in [0, 0.1) is 17.8 Å². The van der Waals surface area contributed by atoms with E-state index in [1.54, 1.807) is 0 Å². The first kappa shape index (κ1) is 20.9. The van der Waals surface area contributed by atoms with E-state index >= 15 is 0 Å². The molecule has 2 saturated heterocycles. The van der Waals surface area contributed by atoms with E-state index in [0.717, 1.165) is 69.6 Å². The molecule has 1 amide bonds. The minimum atomic E-state index is 0.391. The van der Waals surface area contributed by atoms with Gasteiger partial charge in [0.15, 0.2) is 0 Å². The van der Waals surface area contributed by atoms with Crippen molar-refractivity contribution in [2.24, 2.45) is 17.8 Å². The van der Waals surface area contributed by atoms with E-state index in [2.05, 4.69) is 52.4 Å². The summed E-state index contributed by atoms with van der Waals surface area (Å²) in [5.41, 5.74) is 1.43. The number of amides is 1. The molecule has 4 heteroatoms. The number of nitrogens with zero attached hydrogens (tertiary/aromatic N) is 2. The van der Waals surface area contributed by atoms with Crippen LogP contribution in [0.15, 0.2) is 30.3 Å². The molecule has 0 aromatic heterocycles. The third-order valence-corrected chi connectivity index (χ3v) is 7.06. The van der Waals surface area contributed by atoms with Gasteiger partial charge >= 0.3 is 0 Å². The van der Waals surface area contributed by atoms with Crippen LogP contribution >= 0.6 is 0 Å². The van der Waals surface area contributed by atoms with Gasteiger partial charge in [0.1, 0.15) is 0 Å². The molecule has 0 radical (unpaired) electrons. The Bertz CT molecular complexity index is 645. The topological polar surface area (TPSA) is 35.6 Å². The molecule has 1 N–H and O–H groups in total. The highest BCUT2D eigenvalue weighted by molar-refractivity contribution is 5.76. The first-order chi connectivity index (χ1) is 14.2. The minimum absolute atomic E-state index is 0.391. The fourth-order valence-electron chi connectivity index (χ4n) is 5.41. The number of carbonyl (C=O) groups is 1. The molecule has 4 nitrogen and oxygen atoms in total. The summed E-state index contributed by atoms with van der Waals surface area (Å²) in [7, 11) is 0. The summed E-state index contributed by atoms with van der Waals surface area (Å²) < 4.78 is 0.